The molecule has 0 saturated heterocycles. The van der Waals surface area contributed by atoms with Crippen molar-refractivity contribution in [3.8, 4) is 0 Å². The van der Waals surface area contributed by atoms with Crippen LogP contribution in [0.1, 0.15) is 41.5 Å². The van der Waals surface area contributed by atoms with Gasteiger partial charge in [0.25, 0.3) is 0 Å². The van der Waals surface area contributed by atoms with Gasteiger partial charge in [0.05, 0.1) is 0 Å². The van der Waals surface area contributed by atoms with E-state index in [0.717, 1.165) is 0 Å². The topological polar surface area (TPSA) is 0 Å². The van der Waals surface area contributed by atoms with Crippen LogP contribution in [0.25, 0.3) is 0 Å². The first-order valence-electron chi connectivity index (χ1n) is 6.14. The molecule has 0 heterocycles. The molecule has 0 bridgehead atoms. The molecule has 0 amide bonds. The predicted octanol–water partition coefficient (Wildman–Crippen LogP) is 5.95. The van der Waals surface area contributed by atoms with Gasteiger partial charge in [0.2, 0.25) is 0 Å². The molecular weight excluding hydrogens is 337 g/mol. The third-order valence-corrected chi connectivity index (χ3v) is 8.05. The Morgan fingerprint density at radius 1 is 0.471 bits per heavy atom. The van der Waals surface area contributed by atoms with Crippen molar-refractivity contribution in [1.82, 2.24) is 0 Å². The normalized spacial score (nSPS) is 8.47. The average Bonchev–Trinajstić information content (AvgIpc) is 2.24. The maximum Gasteiger partial charge on any atom is 2.00 e. The smallest absolute Gasteiger partial charge is 0.358 e. The van der Waals surface area contributed by atoms with Gasteiger partial charge in [0, 0.05) is 0 Å². The first-order valence-corrected chi connectivity index (χ1v) is 9.93. The van der Waals surface area contributed by atoms with E-state index in [1.165, 1.54) is 37.0 Å². The molecule has 0 rings (SSSR count). The van der Waals surface area contributed by atoms with E-state index >= 15 is 0 Å². The molecule has 0 radical (unpaired) electrons. The van der Waals surface area contributed by atoms with Crippen LogP contribution in [-0.2, 0) is 20.4 Å². The first-order chi connectivity index (χ1) is 6.69. The minimum absolute atomic E-state index is 0. The summed E-state index contributed by atoms with van der Waals surface area (Å²) in [5.74, 6) is 0. The summed E-state index contributed by atoms with van der Waals surface area (Å²) in [6.07, 6.45) is 8.51. The van der Waals surface area contributed by atoms with Gasteiger partial charge in [0.15, 0.2) is 0 Å². The Labute approximate surface area is 129 Å². The van der Waals surface area contributed by atoms with E-state index in [2.05, 4.69) is 41.5 Å². The summed E-state index contributed by atoms with van der Waals surface area (Å²) >= 11 is 0. The van der Waals surface area contributed by atoms with Crippen molar-refractivity contribution < 1.29 is 20.4 Å². The Bertz CT molecular complexity index is 69.2. The van der Waals surface area contributed by atoms with Crippen molar-refractivity contribution in [3.05, 3.63) is 14.9 Å². The predicted molar refractivity (Wildman–Crippen MR) is 89.9 cm³/mol. The maximum absolute atomic E-state index is 2.29. The summed E-state index contributed by atoms with van der Waals surface area (Å²) in [6, 6.07) is 0. The fraction of sp³-hybridized carbons (Fsp3) is 0.857. The van der Waals surface area contributed by atoms with Crippen molar-refractivity contribution >= 4 is 15.8 Å². The Kier molecular flexibility index (Phi) is 47.9. The molecule has 0 unspecified atom stereocenters. The number of hydrogen-bond acceptors (Lipinski definition) is 0. The fourth-order valence-corrected chi connectivity index (χ4v) is 4.02. The van der Waals surface area contributed by atoms with E-state index in [0.29, 0.717) is 15.8 Å². The van der Waals surface area contributed by atoms with Crippen molar-refractivity contribution in [2.24, 2.45) is 0 Å². The SMILES string of the molecule is CCP(CC)CC.CCP(CC)CC.[CH3-].[CH3-].[Pd+2]. The van der Waals surface area contributed by atoms with Crippen LogP contribution in [0.4, 0.5) is 0 Å². The molecule has 0 nitrogen and oxygen atoms in total. The Morgan fingerprint density at radius 3 is 0.588 bits per heavy atom. The molecule has 0 aliphatic heterocycles. The molecule has 0 aliphatic rings. The second-order valence-corrected chi connectivity index (χ2v) is 9.72. The van der Waals surface area contributed by atoms with Crippen molar-refractivity contribution in [1.29, 1.82) is 0 Å². The van der Waals surface area contributed by atoms with Crippen LogP contribution in [0.5, 0.6) is 0 Å². The standard InChI is InChI=1S/2C6H15P.2CH3.Pd/c2*1-4-7(5-2)6-3;;;/h2*4-6H2,1-3H3;2*1H3;/q;;2*-1;+2. The number of rotatable bonds is 6. The van der Waals surface area contributed by atoms with Gasteiger partial charge < -0.3 is 14.9 Å². The Morgan fingerprint density at radius 2 is 0.588 bits per heavy atom. The van der Waals surface area contributed by atoms with E-state index in [9.17, 15) is 0 Å². The van der Waals surface area contributed by atoms with Gasteiger partial charge in [-0.3, -0.25) is 0 Å². The minimum atomic E-state index is 0. The van der Waals surface area contributed by atoms with Crippen LogP contribution in [0.2, 0.25) is 0 Å². The van der Waals surface area contributed by atoms with Crippen LogP contribution in [0.15, 0.2) is 0 Å². The summed E-state index contributed by atoms with van der Waals surface area (Å²) in [7, 11) is 0.892. The third kappa shape index (κ3) is 23.1. The van der Waals surface area contributed by atoms with Crippen LogP contribution in [-0.4, -0.2) is 37.0 Å². The monoisotopic (exact) mass is 372 g/mol. The molecule has 112 valence electrons. The van der Waals surface area contributed by atoms with E-state index in [4.69, 9.17) is 0 Å². The van der Waals surface area contributed by atoms with Crippen molar-refractivity contribution in [3.63, 3.8) is 0 Å². The molecule has 0 aromatic heterocycles. The van der Waals surface area contributed by atoms with Crippen LogP contribution >= 0.6 is 15.8 Å². The zero-order chi connectivity index (χ0) is 11.4. The molecule has 0 fully saturated rings. The summed E-state index contributed by atoms with van der Waals surface area (Å²) in [6.45, 7) is 13.7. The van der Waals surface area contributed by atoms with Gasteiger partial charge in [0.1, 0.15) is 0 Å². The minimum Gasteiger partial charge on any atom is -0.358 e. The molecule has 0 aromatic rings. The fourth-order valence-electron chi connectivity index (χ4n) is 1.34. The first kappa shape index (κ1) is 31.1. The van der Waals surface area contributed by atoms with Gasteiger partial charge in [-0.15, -0.1) is 15.8 Å². The van der Waals surface area contributed by atoms with E-state index in [1.807, 2.05) is 0 Å². The zero-order valence-corrected chi connectivity index (χ0v) is 16.8. The largest absolute Gasteiger partial charge is 2.00 e. The summed E-state index contributed by atoms with van der Waals surface area (Å²) in [4.78, 5) is 0. The maximum atomic E-state index is 2.29. The molecule has 3 heteroatoms. The van der Waals surface area contributed by atoms with Crippen LogP contribution in [0.3, 0.4) is 0 Å². The number of hydrogen-bond donors (Lipinski definition) is 0. The second-order valence-electron chi connectivity index (χ2n) is 3.24. The van der Waals surface area contributed by atoms with Crippen molar-refractivity contribution in [2.45, 2.75) is 41.5 Å². The zero-order valence-electron chi connectivity index (χ0n) is 13.5. The van der Waals surface area contributed by atoms with Gasteiger partial charge in [-0.2, -0.15) is 0 Å². The van der Waals surface area contributed by atoms with Gasteiger partial charge in [-0.1, -0.05) is 41.5 Å². The molecule has 0 atom stereocenters. The van der Waals surface area contributed by atoms with Gasteiger partial charge >= 0.3 is 20.4 Å². The van der Waals surface area contributed by atoms with E-state index < -0.39 is 0 Å². The summed E-state index contributed by atoms with van der Waals surface area (Å²) in [5, 5.41) is 0. The van der Waals surface area contributed by atoms with Gasteiger partial charge in [-0.25, -0.2) is 0 Å². The molecule has 0 N–H and O–H groups in total. The molecule has 0 aliphatic carbocycles. The summed E-state index contributed by atoms with van der Waals surface area (Å²) < 4.78 is 0. The molecule has 17 heavy (non-hydrogen) atoms. The Balaban J connectivity index is -0.0000000480. The molecular formula is C14H36P2Pd. The van der Waals surface area contributed by atoms with E-state index in [1.54, 1.807) is 0 Å². The van der Waals surface area contributed by atoms with Crippen molar-refractivity contribution in [2.75, 3.05) is 37.0 Å². The quantitative estimate of drug-likeness (QED) is 0.307. The molecule has 0 spiro atoms. The van der Waals surface area contributed by atoms with Crippen LogP contribution < -0.4 is 0 Å². The third-order valence-electron chi connectivity index (χ3n) is 2.68. The van der Waals surface area contributed by atoms with Crippen LogP contribution in [0, 0.1) is 14.9 Å². The second kappa shape index (κ2) is 26.2. The molecule has 0 saturated carbocycles. The summed E-state index contributed by atoms with van der Waals surface area (Å²) in [5.41, 5.74) is 0. The average molecular weight is 373 g/mol. The van der Waals surface area contributed by atoms with Gasteiger partial charge in [-0.05, 0) is 37.0 Å². The van der Waals surface area contributed by atoms with E-state index in [-0.39, 0.29) is 35.3 Å². The molecule has 0 aromatic carbocycles. The Hall–Kier alpha value is 1.52.